The van der Waals surface area contributed by atoms with E-state index in [1.165, 1.54) is 99.2 Å². The largest absolute Gasteiger partial charge is 0.309 e. The third-order valence-corrected chi connectivity index (χ3v) is 12.5. The summed E-state index contributed by atoms with van der Waals surface area (Å²) in [5.74, 6) is 0. The number of aromatic nitrogens is 2. The highest BCUT2D eigenvalue weighted by Crippen LogP contribution is 2.43. The van der Waals surface area contributed by atoms with Gasteiger partial charge in [0.05, 0.1) is 27.8 Å². The van der Waals surface area contributed by atoms with Crippen LogP contribution in [0, 0.1) is 0 Å². The Hall–Kier alpha value is -8.20. The Balaban J connectivity index is 1.06. The van der Waals surface area contributed by atoms with E-state index in [1.807, 2.05) is 0 Å². The summed E-state index contributed by atoms with van der Waals surface area (Å²) >= 11 is 0. The zero-order valence-electron chi connectivity index (χ0n) is 34.0. The summed E-state index contributed by atoms with van der Waals surface area (Å²) in [6, 6.07) is 88.4. The summed E-state index contributed by atoms with van der Waals surface area (Å²) in [5.41, 5.74) is 19.1. The Morgan fingerprint density at radius 1 is 0.226 bits per heavy atom. The first-order valence-corrected chi connectivity index (χ1v) is 21.3. The van der Waals surface area contributed by atoms with Crippen molar-refractivity contribution in [2.24, 2.45) is 0 Å². The molecule has 2 aromatic heterocycles. The first kappa shape index (κ1) is 35.7. The predicted octanol–water partition coefficient (Wildman–Crippen LogP) is 16.2. The van der Waals surface area contributed by atoms with Crippen molar-refractivity contribution in [3.05, 3.63) is 243 Å². The highest BCUT2D eigenvalue weighted by molar-refractivity contribution is 6.17. The highest BCUT2D eigenvalue weighted by atomic mass is 15.0. The molecule has 0 bridgehead atoms. The van der Waals surface area contributed by atoms with Gasteiger partial charge >= 0.3 is 0 Å². The van der Waals surface area contributed by atoms with Crippen molar-refractivity contribution >= 4 is 43.6 Å². The van der Waals surface area contributed by atoms with E-state index < -0.39 is 0 Å². The van der Waals surface area contributed by atoms with Crippen LogP contribution in [-0.2, 0) is 0 Å². The molecule has 62 heavy (non-hydrogen) atoms. The lowest BCUT2D eigenvalue weighted by molar-refractivity contribution is 1.18. The van der Waals surface area contributed by atoms with Crippen LogP contribution in [0.3, 0.4) is 0 Å². The monoisotopic (exact) mass is 788 g/mol. The van der Waals surface area contributed by atoms with Gasteiger partial charge < -0.3 is 9.13 Å². The normalized spacial score (nSPS) is 11.5. The van der Waals surface area contributed by atoms with Crippen molar-refractivity contribution < 1.29 is 0 Å². The first-order valence-electron chi connectivity index (χ1n) is 21.3. The standard InChI is InChI=1S/C60H40N2/c1-5-17-41(18-6-1)44-23-15-24-45(37-44)48-31-34-50(42-19-7-2-8-20-42)59(40-48)62-55-29-14-13-27-52(55)53-38-46(32-35-56(53)62)47-33-36-57-54(39-47)60-51(43-21-9-3-10-22-43)28-16-30-58(60)61(57)49-25-11-4-12-26-49/h1-40H. The van der Waals surface area contributed by atoms with E-state index in [-0.39, 0.29) is 0 Å². The molecule has 0 unspecified atom stereocenters. The lowest BCUT2D eigenvalue weighted by Gasteiger charge is -2.17. The molecular formula is C60H40N2. The lowest BCUT2D eigenvalue weighted by atomic mass is 9.95. The van der Waals surface area contributed by atoms with Crippen molar-refractivity contribution in [1.29, 1.82) is 0 Å². The highest BCUT2D eigenvalue weighted by Gasteiger charge is 2.20. The summed E-state index contributed by atoms with van der Waals surface area (Å²) in [6.45, 7) is 0. The second-order valence-electron chi connectivity index (χ2n) is 16.1. The molecule has 0 radical (unpaired) electrons. The fraction of sp³-hybridized carbons (Fsp3) is 0. The Labute approximate surface area is 360 Å². The lowest BCUT2D eigenvalue weighted by Crippen LogP contribution is -1.98. The Bertz CT molecular complexity index is 3600. The molecule has 2 heterocycles. The SMILES string of the molecule is c1ccc(-c2cccc(-c3ccc(-c4ccccc4)c(-n4c5ccccc5c5cc(-c6ccc7c(c6)c6c(-c8ccccc8)cccc6n7-c6ccccc6)ccc54)c3)c2)cc1. The molecule has 0 N–H and O–H groups in total. The van der Waals surface area contributed by atoms with Gasteiger partial charge in [0.25, 0.3) is 0 Å². The van der Waals surface area contributed by atoms with Crippen molar-refractivity contribution in [3.63, 3.8) is 0 Å². The Morgan fingerprint density at radius 2 is 0.694 bits per heavy atom. The fourth-order valence-electron chi connectivity index (χ4n) is 9.64. The zero-order valence-corrected chi connectivity index (χ0v) is 34.0. The van der Waals surface area contributed by atoms with E-state index in [1.54, 1.807) is 0 Å². The fourth-order valence-corrected chi connectivity index (χ4v) is 9.64. The van der Waals surface area contributed by atoms with Crippen LogP contribution in [0.4, 0.5) is 0 Å². The minimum Gasteiger partial charge on any atom is -0.309 e. The van der Waals surface area contributed by atoms with Gasteiger partial charge in [-0.05, 0) is 111 Å². The third-order valence-electron chi connectivity index (χ3n) is 12.5. The molecule has 0 aliphatic carbocycles. The summed E-state index contributed by atoms with van der Waals surface area (Å²) < 4.78 is 4.89. The summed E-state index contributed by atoms with van der Waals surface area (Å²) in [7, 11) is 0. The van der Waals surface area contributed by atoms with Gasteiger partial charge in [0, 0.05) is 32.8 Å². The number of hydrogen-bond donors (Lipinski definition) is 0. The zero-order chi connectivity index (χ0) is 41.0. The second-order valence-corrected chi connectivity index (χ2v) is 16.1. The van der Waals surface area contributed by atoms with E-state index in [4.69, 9.17) is 0 Å². The van der Waals surface area contributed by atoms with E-state index in [2.05, 4.69) is 252 Å². The van der Waals surface area contributed by atoms with E-state index in [9.17, 15) is 0 Å². The third kappa shape index (κ3) is 5.96. The predicted molar refractivity (Wildman–Crippen MR) is 262 cm³/mol. The molecule has 12 aromatic rings. The molecule has 0 spiro atoms. The molecule has 0 aliphatic heterocycles. The number of hydrogen-bond acceptors (Lipinski definition) is 0. The van der Waals surface area contributed by atoms with Crippen molar-refractivity contribution in [3.8, 4) is 67.0 Å². The molecular weight excluding hydrogens is 749 g/mol. The topological polar surface area (TPSA) is 9.86 Å². The molecule has 2 heteroatoms. The van der Waals surface area contributed by atoms with Crippen molar-refractivity contribution in [1.82, 2.24) is 9.13 Å². The number of fused-ring (bicyclic) bond motifs is 6. The quantitative estimate of drug-likeness (QED) is 0.152. The van der Waals surface area contributed by atoms with Crippen LogP contribution in [0.2, 0.25) is 0 Å². The van der Waals surface area contributed by atoms with Crippen LogP contribution in [-0.4, -0.2) is 9.13 Å². The number of para-hydroxylation sites is 2. The summed E-state index contributed by atoms with van der Waals surface area (Å²) in [6.07, 6.45) is 0. The average molecular weight is 789 g/mol. The summed E-state index contributed by atoms with van der Waals surface area (Å²) in [5, 5.41) is 4.96. The van der Waals surface area contributed by atoms with Gasteiger partial charge in [-0.25, -0.2) is 0 Å². The first-order chi connectivity index (χ1) is 30.8. The van der Waals surface area contributed by atoms with Crippen LogP contribution in [0.5, 0.6) is 0 Å². The van der Waals surface area contributed by atoms with Gasteiger partial charge in [0.2, 0.25) is 0 Å². The molecule has 0 amide bonds. The van der Waals surface area contributed by atoms with Gasteiger partial charge in [-0.3, -0.25) is 0 Å². The van der Waals surface area contributed by atoms with Crippen LogP contribution in [0.15, 0.2) is 243 Å². The maximum Gasteiger partial charge on any atom is 0.0547 e. The van der Waals surface area contributed by atoms with Crippen LogP contribution < -0.4 is 0 Å². The molecule has 290 valence electrons. The molecule has 12 rings (SSSR count). The van der Waals surface area contributed by atoms with Gasteiger partial charge in [0.15, 0.2) is 0 Å². The van der Waals surface area contributed by atoms with Gasteiger partial charge in [0.1, 0.15) is 0 Å². The second kappa shape index (κ2) is 14.8. The smallest absolute Gasteiger partial charge is 0.0547 e. The van der Waals surface area contributed by atoms with Crippen molar-refractivity contribution in [2.75, 3.05) is 0 Å². The van der Waals surface area contributed by atoms with E-state index in [0.29, 0.717) is 0 Å². The molecule has 0 saturated heterocycles. The molecule has 2 nitrogen and oxygen atoms in total. The van der Waals surface area contributed by atoms with Crippen LogP contribution in [0.1, 0.15) is 0 Å². The summed E-state index contributed by atoms with van der Waals surface area (Å²) in [4.78, 5) is 0. The number of nitrogens with zero attached hydrogens (tertiary/aromatic N) is 2. The van der Waals surface area contributed by atoms with Crippen molar-refractivity contribution in [2.45, 2.75) is 0 Å². The van der Waals surface area contributed by atoms with Gasteiger partial charge in [-0.2, -0.15) is 0 Å². The molecule has 10 aromatic carbocycles. The minimum absolute atomic E-state index is 1.15. The molecule has 0 atom stereocenters. The molecule has 0 saturated carbocycles. The number of rotatable bonds is 7. The van der Waals surface area contributed by atoms with Gasteiger partial charge in [-0.15, -0.1) is 0 Å². The van der Waals surface area contributed by atoms with Crippen LogP contribution in [0.25, 0.3) is 111 Å². The van der Waals surface area contributed by atoms with Crippen LogP contribution >= 0.6 is 0 Å². The average Bonchev–Trinajstić information content (AvgIpc) is 3.87. The molecule has 0 aliphatic rings. The minimum atomic E-state index is 1.15. The number of benzene rings is 10. The maximum absolute atomic E-state index is 2.48. The Morgan fingerprint density at radius 3 is 1.40 bits per heavy atom. The van der Waals surface area contributed by atoms with E-state index >= 15 is 0 Å². The maximum atomic E-state index is 2.48. The van der Waals surface area contributed by atoms with Gasteiger partial charge in [-0.1, -0.05) is 182 Å². The molecule has 0 fully saturated rings. The Kier molecular flexibility index (Phi) is 8.53. The van der Waals surface area contributed by atoms with E-state index in [0.717, 1.165) is 11.4 Å².